The summed E-state index contributed by atoms with van der Waals surface area (Å²) in [4.78, 5) is 65.4. The second kappa shape index (κ2) is 24.1. The lowest BCUT2D eigenvalue weighted by molar-refractivity contribution is -0.140. The second-order valence-corrected chi connectivity index (χ2v) is 19.5. The van der Waals surface area contributed by atoms with E-state index < -0.39 is 41.6 Å². The number of nitrogens with one attached hydrogen (secondary N) is 3. The molecular formula is C50H65F2N9O9S. The number of likely N-dealkylation sites (N-methyl/N-ethyl adjacent to an activating group) is 1. The highest BCUT2D eigenvalue weighted by Crippen LogP contribution is 2.33. The molecular weight excluding hydrogens is 941 g/mol. The molecule has 0 unspecified atom stereocenters. The van der Waals surface area contributed by atoms with Gasteiger partial charge in [-0.25, -0.2) is 8.78 Å². The zero-order valence-electron chi connectivity index (χ0n) is 40.9. The lowest BCUT2D eigenvalue weighted by Gasteiger charge is -2.42. The number of ether oxygens (including phenoxy) is 4. The van der Waals surface area contributed by atoms with Crippen molar-refractivity contribution in [3.8, 4) is 11.6 Å². The molecule has 4 amide bonds. The fourth-order valence-corrected chi connectivity index (χ4v) is 10.6. The van der Waals surface area contributed by atoms with Gasteiger partial charge in [0.1, 0.15) is 30.2 Å². The minimum absolute atomic E-state index is 0.00665. The zero-order valence-corrected chi connectivity index (χ0v) is 41.7. The number of piperidine rings is 1. The van der Waals surface area contributed by atoms with E-state index in [0.717, 1.165) is 86.1 Å². The van der Waals surface area contributed by atoms with Crippen molar-refractivity contribution in [2.45, 2.75) is 89.6 Å². The number of rotatable bonds is 21. The second-order valence-electron chi connectivity index (χ2n) is 18.6. The Balaban J connectivity index is 0.763. The maximum Gasteiger partial charge on any atom is 0.271 e. The molecule has 5 aromatic rings. The fourth-order valence-electron chi connectivity index (χ4n) is 9.78. The Morgan fingerprint density at radius 3 is 2.44 bits per heavy atom. The van der Waals surface area contributed by atoms with Crippen LogP contribution in [0.25, 0.3) is 21.1 Å². The molecule has 21 heteroatoms. The van der Waals surface area contributed by atoms with E-state index in [1.165, 1.54) is 11.6 Å². The van der Waals surface area contributed by atoms with Crippen LogP contribution < -0.4 is 25.4 Å². The highest BCUT2D eigenvalue weighted by molar-refractivity contribution is 7.17. The minimum Gasteiger partial charge on any atom is -0.489 e. The summed E-state index contributed by atoms with van der Waals surface area (Å²) >= 11 is 1.64. The number of piperazine rings is 1. The molecule has 1 aliphatic carbocycles. The van der Waals surface area contributed by atoms with Crippen LogP contribution >= 0.6 is 11.3 Å². The van der Waals surface area contributed by atoms with Crippen molar-refractivity contribution in [2.24, 2.45) is 13.0 Å². The van der Waals surface area contributed by atoms with Crippen molar-refractivity contribution >= 4 is 56.1 Å². The Bertz CT molecular complexity index is 2630. The summed E-state index contributed by atoms with van der Waals surface area (Å²) in [7, 11) is 3.22. The zero-order chi connectivity index (χ0) is 50.0. The summed E-state index contributed by atoms with van der Waals surface area (Å²) < 4.78 is 60.7. The first-order valence-electron chi connectivity index (χ1n) is 24.7. The standard InChI is InChI=1S/C50H65F2N9O9S/c1-31-29-60(49(64)44(33-8-6-5-7-9-33)56-47(62)32(2)53-3)18-19-61(31)50(65)45-43(36-27-37(51)38(52)28-40(36)58(45)4)48(63)55-15-20-66-21-22-67-23-24-68-42-26-35(70-57-42)30-59-16-11-34(12-17-59)69-41-10-14-54-39-13-25-71-46(39)41/h10,13-14,25-28,31-34,44,53H,5-9,11-12,15-24,29-30H2,1-4H3,(H,55,63)(H,56,62)/t31-,32-,44-/m0/s1. The fraction of sp³-hybridized carbons (Fsp3) is 0.560. The minimum atomic E-state index is -1.16. The van der Waals surface area contributed by atoms with Crippen molar-refractivity contribution in [2.75, 3.05) is 79.4 Å². The number of benzene rings is 1. The van der Waals surface area contributed by atoms with Gasteiger partial charge in [-0.1, -0.05) is 19.3 Å². The Morgan fingerprint density at radius 2 is 1.68 bits per heavy atom. The molecule has 1 saturated carbocycles. The normalized spacial score (nSPS) is 18.2. The Labute approximate surface area is 415 Å². The first-order chi connectivity index (χ1) is 34.4. The molecule has 2 saturated heterocycles. The van der Waals surface area contributed by atoms with E-state index in [1.807, 2.05) is 24.4 Å². The SMILES string of the molecule is CN[C@@H](C)C(=O)N[C@H](C(=O)N1CCN(C(=O)c2c(C(=O)NCCOCCOCCOc3cc(CN4CCC(Oc5ccnc6ccsc56)CC4)on3)c3cc(F)c(F)cc3n2C)[C@@H](C)C1)C1CCCCC1. The van der Waals surface area contributed by atoms with E-state index in [-0.39, 0.29) is 105 Å². The first-order valence-corrected chi connectivity index (χ1v) is 25.6. The molecule has 71 heavy (non-hydrogen) atoms. The smallest absolute Gasteiger partial charge is 0.271 e. The third kappa shape index (κ3) is 12.5. The molecule has 3 aliphatic rings. The van der Waals surface area contributed by atoms with Crippen LogP contribution in [0.15, 0.2) is 46.4 Å². The predicted octanol–water partition coefficient (Wildman–Crippen LogP) is 5.29. The van der Waals surface area contributed by atoms with Gasteiger partial charge < -0.3 is 53.8 Å². The molecule has 2 aliphatic heterocycles. The Hall–Kier alpha value is -5.74. The number of amides is 4. The topological polar surface area (TPSA) is 195 Å². The maximum atomic E-state index is 14.7. The van der Waals surface area contributed by atoms with E-state index in [2.05, 4.69) is 31.0 Å². The molecule has 0 bridgehead atoms. The average Bonchev–Trinajstić information content (AvgIpc) is 4.12. The number of halogens is 2. The number of fused-ring (bicyclic) bond motifs is 2. The molecule has 8 rings (SSSR count). The highest BCUT2D eigenvalue weighted by atomic mass is 32.1. The van der Waals surface area contributed by atoms with Crippen molar-refractivity contribution < 1.29 is 51.4 Å². The lowest BCUT2D eigenvalue weighted by Crippen LogP contribution is -2.61. The first kappa shape index (κ1) is 51.6. The van der Waals surface area contributed by atoms with Crippen molar-refractivity contribution in [3.63, 3.8) is 0 Å². The van der Waals surface area contributed by atoms with Gasteiger partial charge in [-0.2, -0.15) is 0 Å². The molecule has 0 radical (unpaired) electrons. The van der Waals surface area contributed by atoms with E-state index in [1.54, 1.807) is 47.4 Å². The number of aromatic nitrogens is 3. The quantitative estimate of drug-likeness (QED) is 0.0805. The Morgan fingerprint density at radius 1 is 0.930 bits per heavy atom. The molecule has 18 nitrogen and oxygen atoms in total. The van der Waals surface area contributed by atoms with Gasteiger partial charge in [0, 0.05) is 76.1 Å². The van der Waals surface area contributed by atoms with Crippen LogP contribution in [0.2, 0.25) is 0 Å². The molecule has 3 fully saturated rings. The van der Waals surface area contributed by atoms with Crippen LogP contribution in [0.5, 0.6) is 11.6 Å². The van der Waals surface area contributed by atoms with Crippen molar-refractivity contribution in [1.82, 2.24) is 45.4 Å². The monoisotopic (exact) mass is 1010 g/mol. The van der Waals surface area contributed by atoms with E-state index in [0.29, 0.717) is 18.2 Å². The van der Waals surface area contributed by atoms with Gasteiger partial charge >= 0.3 is 0 Å². The summed E-state index contributed by atoms with van der Waals surface area (Å²) in [5, 5.41) is 14.9. The van der Waals surface area contributed by atoms with Gasteiger partial charge in [-0.05, 0) is 81.2 Å². The van der Waals surface area contributed by atoms with Crippen LogP contribution in [0.3, 0.4) is 0 Å². The number of hydrogen-bond donors (Lipinski definition) is 3. The summed E-state index contributed by atoms with van der Waals surface area (Å²) in [6.07, 6.45) is 8.46. The number of thiophene rings is 1. The van der Waals surface area contributed by atoms with Crippen LogP contribution in [0.4, 0.5) is 8.78 Å². The largest absolute Gasteiger partial charge is 0.489 e. The Kier molecular flexibility index (Phi) is 17.5. The molecule has 384 valence electrons. The number of nitrogens with zero attached hydrogens (tertiary/aromatic N) is 6. The number of pyridine rings is 1. The van der Waals surface area contributed by atoms with Gasteiger partial charge in [0.05, 0.1) is 60.3 Å². The number of carbonyl (C=O) groups excluding carboxylic acids is 4. The molecule has 4 aromatic heterocycles. The third-order valence-corrected chi connectivity index (χ3v) is 14.7. The van der Waals surface area contributed by atoms with Crippen LogP contribution in [0.1, 0.15) is 85.4 Å². The third-order valence-electron chi connectivity index (χ3n) is 13.8. The van der Waals surface area contributed by atoms with Gasteiger partial charge in [-0.3, -0.25) is 29.1 Å². The van der Waals surface area contributed by atoms with E-state index >= 15 is 0 Å². The summed E-state index contributed by atoms with van der Waals surface area (Å²) in [6, 6.07) is 5.97. The predicted molar refractivity (Wildman–Crippen MR) is 261 cm³/mol. The number of likely N-dealkylation sites (tertiary alicyclic amines) is 1. The maximum absolute atomic E-state index is 14.7. The highest BCUT2D eigenvalue weighted by Gasteiger charge is 2.40. The van der Waals surface area contributed by atoms with Crippen molar-refractivity contribution in [3.05, 3.63) is 70.6 Å². The number of aryl methyl sites for hydroxylation is 1. The van der Waals surface area contributed by atoms with Crippen molar-refractivity contribution in [1.29, 1.82) is 0 Å². The molecule has 6 heterocycles. The van der Waals surface area contributed by atoms with Gasteiger partial charge in [-0.15, -0.1) is 11.3 Å². The number of carbonyl (C=O) groups is 4. The molecule has 3 N–H and O–H groups in total. The van der Waals surface area contributed by atoms with Gasteiger partial charge in [0.25, 0.3) is 17.7 Å². The lowest BCUT2D eigenvalue weighted by atomic mass is 9.83. The van der Waals surface area contributed by atoms with Crippen LogP contribution in [-0.4, -0.2) is 157 Å². The molecule has 1 aromatic carbocycles. The number of hydrogen-bond acceptors (Lipinski definition) is 14. The van der Waals surface area contributed by atoms with E-state index in [4.69, 9.17) is 23.5 Å². The van der Waals surface area contributed by atoms with E-state index in [9.17, 15) is 28.0 Å². The summed E-state index contributed by atoms with van der Waals surface area (Å²) in [6.45, 7) is 7.62. The van der Waals surface area contributed by atoms with Gasteiger partial charge in [0.2, 0.25) is 11.8 Å². The summed E-state index contributed by atoms with van der Waals surface area (Å²) in [5.41, 5.74) is 0.995. The molecule has 3 atom stereocenters. The van der Waals surface area contributed by atoms with Crippen LogP contribution in [-0.2, 0) is 32.7 Å². The van der Waals surface area contributed by atoms with Crippen LogP contribution in [0, 0.1) is 17.6 Å². The summed E-state index contributed by atoms with van der Waals surface area (Å²) in [5.74, 6) is -1.90. The van der Waals surface area contributed by atoms with Gasteiger partial charge in [0.15, 0.2) is 17.4 Å². The average molecular weight is 1010 g/mol. The molecule has 0 spiro atoms.